The highest BCUT2D eigenvalue weighted by Gasteiger charge is 2.44. The van der Waals surface area contributed by atoms with Crippen molar-refractivity contribution in [2.45, 2.75) is 39.5 Å². The fourth-order valence-electron chi connectivity index (χ4n) is 4.25. The number of carbonyl (C=O) groups is 1. The van der Waals surface area contributed by atoms with Gasteiger partial charge < -0.3 is 15.0 Å². The molecule has 1 fully saturated rings. The monoisotopic (exact) mass is 454 g/mol. The molecule has 4 rings (SSSR count). The van der Waals surface area contributed by atoms with Crippen molar-refractivity contribution in [3.63, 3.8) is 0 Å². The van der Waals surface area contributed by atoms with Gasteiger partial charge in [-0.2, -0.15) is 0 Å². The molecule has 8 heteroatoms. The van der Waals surface area contributed by atoms with Crippen molar-refractivity contribution in [1.29, 1.82) is 0 Å². The first kappa shape index (κ1) is 22.9. The largest absolute Gasteiger partial charge is 0.443 e. The summed E-state index contributed by atoms with van der Waals surface area (Å²) in [6.45, 7) is 7.02. The minimum Gasteiger partial charge on any atom is -0.443 e. The van der Waals surface area contributed by atoms with Crippen molar-refractivity contribution in [2.24, 2.45) is 11.1 Å². The van der Waals surface area contributed by atoms with Crippen LogP contribution in [0, 0.1) is 17.0 Å². The molecule has 33 heavy (non-hydrogen) atoms. The number of halogens is 2. The smallest absolute Gasteiger partial charge is 0.410 e. The Morgan fingerprint density at radius 3 is 2.55 bits per heavy atom. The number of rotatable bonds is 6. The zero-order chi connectivity index (χ0) is 23.8. The predicted molar refractivity (Wildman–Crippen MR) is 121 cm³/mol. The summed E-state index contributed by atoms with van der Waals surface area (Å²) in [5.74, 6) is -0.546. The fraction of sp³-hybridized carbons (Fsp3) is 0.360. The second-order valence-corrected chi connectivity index (χ2v) is 9.38. The van der Waals surface area contributed by atoms with E-state index in [0.717, 1.165) is 23.8 Å². The maximum Gasteiger partial charge on any atom is 0.410 e. The number of aromatic nitrogens is 2. The lowest BCUT2D eigenvalue weighted by Gasteiger charge is -2.36. The topological polar surface area (TPSA) is 73.4 Å². The Hall–Kier alpha value is -3.26. The van der Waals surface area contributed by atoms with Crippen molar-refractivity contribution < 1.29 is 18.3 Å². The molecule has 2 N–H and O–H groups in total. The molecule has 3 aromatic rings. The van der Waals surface area contributed by atoms with Crippen molar-refractivity contribution in [3.05, 3.63) is 77.8 Å². The Bertz CT molecular complexity index is 1140. The van der Waals surface area contributed by atoms with E-state index >= 15 is 0 Å². The van der Waals surface area contributed by atoms with Gasteiger partial charge in [-0.05, 0) is 29.2 Å². The first-order valence-corrected chi connectivity index (χ1v) is 10.9. The molecular formula is C25H28F2N4O2. The Labute approximate surface area is 192 Å². The molecule has 2 heterocycles. The molecule has 1 unspecified atom stereocenters. The molecule has 6 nitrogen and oxygen atoms in total. The van der Waals surface area contributed by atoms with E-state index in [-0.39, 0.29) is 12.1 Å². The van der Waals surface area contributed by atoms with E-state index in [4.69, 9.17) is 15.5 Å². The number of amides is 1. The number of ether oxygens (including phenoxy) is 1. The van der Waals surface area contributed by atoms with Gasteiger partial charge in [-0.3, -0.25) is 4.90 Å². The number of hydrogen-bond donors (Lipinski definition) is 1. The van der Waals surface area contributed by atoms with Crippen molar-refractivity contribution >= 4 is 6.09 Å². The van der Waals surface area contributed by atoms with Crippen LogP contribution >= 0.6 is 0 Å². The lowest BCUT2D eigenvalue weighted by Crippen LogP contribution is -2.40. The van der Waals surface area contributed by atoms with Crippen LogP contribution in [0.4, 0.5) is 13.6 Å². The zero-order valence-electron chi connectivity index (χ0n) is 19.0. The second-order valence-electron chi connectivity index (χ2n) is 9.38. The molecule has 0 radical (unpaired) electrons. The number of nitrogens with zero attached hydrogens (tertiary/aromatic N) is 3. The molecule has 1 amide bonds. The van der Waals surface area contributed by atoms with Gasteiger partial charge in [-0.25, -0.2) is 18.6 Å². The number of nitrogens with two attached hydrogens (primary N) is 1. The van der Waals surface area contributed by atoms with Gasteiger partial charge in [-0.15, -0.1) is 0 Å². The molecule has 0 bridgehead atoms. The van der Waals surface area contributed by atoms with Gasteiger partial charge in [0.25, 0.3) is 0 Å². The minimum absolute atomic E-state index is 0.0690. The molecular weight excluding hydrogens is 426 g/mol. The van der Waals surface area contributed by atoms with Crippen LogP contribution in [0.5, 0.6) is 0 Å². The molecule has 0 spiro atoms. The quantitative estimate of drug-likeness (QED) is 0.584. The third-order valence-corrected chi connectivity index (χ3v) is 5.75. The Balaban J connectivity index is 1.85. The van der Waals surface area contributed by atoms with Crippen LogP contribution in [0.1, 0.15) is 38.2 Å². The van der Waals surface area contributed by atoms with E-state index < -0.39 is 35.3 Å². The average molecular weight is 455 g/mol. The lowest BCUT2D eigenvalue weighted by molar-refractivity contribution is 0.104. The van der Waals surface area contributed by atoms with Gasteiger partial charge in [0, 0.05) is 24.8 Å². The molecule has 174 valence electrons. The van der Waals surface area contributed by atoms with Gasteiger partial charge in [0.1, 0.15) is 23.6 Å². The highest BCUT2D eigenvalue weighted by molar-refractivity contribution is 5.71. The lowest BCUT2D eigenvalue weighted by atomic mass is 9.85. The molecule has 0 saturated carbocycles. The average Bonchev–Trinajstić information content (AvgIpc) is 3.33. The predicted octanol–water partition coefficient (Wildman–Crippen LogP) is 4.74. The van der Waals surface area contributed by atoms with Crippen LogP contribution in [0.2, 0.25) is 0 Å². The first-order valence-electron chi connectivity index (χ1n) is 10.9. The SMILES string of the molecule is CC(C)(C)C(c1nc(-c2cc(F)ccc2F)cn1Cc1ccccc1)N1C[C@H](CN)OC1=O. The van der Waals surface area contributed by atoms with E-state index in [0.29, 0.717) is 24.6 Å². The van der Waals surface area contributed by atoms with Gasteiger partial charge in [0.05, 0.1) is 18.3 Å². The van der Waals surface area contributed by atoms with Gasteiger partial charge in [0.15, 0.2) is 0 Å². The maximum atomic E-state index is 14.6. The van der Waals surface area contributed by atoms with Crippen molar-refractivity contribution in [3.8, 4) is 11.3 Å². The van der Waals surface area contributed by atoms with Crippen molar-refractivity contribution in [2.75, 3.05) is 13.1 Å². The Morgan fingerprint density at radius 1 is 1.18 bits per heavy atom. The summed E-state index contributed by atoms with van der Waals surface area (Å²) < 4.78 is 35.9. The van der Waals surface area contributed by atoms with E-state index in [1.165, 1.54) is 0 Å². The van der Waals surface area contributed by atoms with Crippen molar-refractivity contribution in [1.82, 2.24) is 14.5 Å². The summed E-state index contributed by atoms with van der Waals surface area (Å²) >= 11 is 0. The van der Waals surface area contributed by atoms with Crippen LogP contribution in [-0.4, -0.2) is 39.7 Å². The summed E-state index contributed by atoms with van der Waals surface area (Å²) in [5.41, 5.74) is 6.70. The van der Waals surface area contributed by atoms with Gasteiger partial charge in [-0.1, -0.05) is 51.1 Å². The Morgan fingerprint density at radius 2 is 1.91 bits per heavy atom. The molecule has 2 atom stereocenters. The molecule has 1 saturated heterocycles. The fourth-order valence-corrected chi connectivity index (χ4v) is 4.25. The number of cyclic esters (lactones) is 1. The van der Waals surface area contributed by atoms with E-state index in [1.807, 2.05) is 55.7 Å². The third kappa shape index (κ3) is 4.75. The standard InChI is InChI=1S/C25H28F2N4O2/c1-25(2,3)22(31-14-18(12-28)33-24(31)32)23-29-21(19-11-17(26)9-10-20(19)27)15-30(23)13-16-7-5-4-6-8-16/h4-11,15,18,22H,12-14,28H2,1-3H3/t18-,22?/m0/s1. The molecule has 1 aliphatic heterocycles. The minimum atomic E-state index is -0.566. The second kappa shape index (κ2) is 8.94. The Kier molecular flexibility index (Phi) is 6.21. The summed E-state index contributed by atoms with van der Waals surface area (Å²) in [7, 11) is 0. The number of imidazole rings is 1. The van der Waals surface area contributed by atoms with Gasteiger partial charge >= 0.3 is 6.09 Å². The van der Waals surface area contributed by atoms with Crippen LogP contribution in [-0.2, 0) is 11.3 Å². The van der Waals surface area contributed by atoms with E-state index in [1.54, 1.807) is 11.1 Å². The highest BCUT2D eigenvalue weighted by Crippen LogP contribution is 2.41. The summed E-state index contributed by atoms with van der Waals surface area (Å²) in [4.78, 5) is 19.1. The van der Waals surface area contributed by atoms with E-state index in [2.05, 4.69) is 0 Å². The van der Waals surface area contributed by atoms with Crippen LogP contribution < -0.4 is 5.73 Å². The highest BCUT2D eigenvalue weighted by atomic mass is 19.1. The third-order valence-electron chi connectivity index (χ3n) is 5.75. The zero-order valence-corrected chi connectivity index (χ0v) is 19.0. The van der Waals surface area contributed by atoms with Crippen LogP contribution in [0.3, 0.4) is 0 Å². The van der Waals surface area contributed by atoms with Crippen LogP contribution in [0.15, 0.2) is 54.7 Å². The molecule has 2 aromatic carbocycles. The van der Waals surface area contributed by atoms with E-state index in [9.17, 15) is 13.6 Å². The molecule has 1 aliphatic rings. The summed E-state index contributed by atoms with van der Waals surface area (Å²) in [5, 5.41) is 0. The summed E-state index contributed by atoms with van der Waals surface area (Å²) in [6.07, 6.45) is 0.846. The summed E-state index contributed by atoms with van der Waals surface area (Å²) in [6, 6.07) is 12.6. The van der Waals surface area contributed by atoms with Gasteiger partial charge in [0.2, 0.25) is 0 Å². The number of hydrogen-bond acceptors (Lipinski definition) is 4. The molecule has 1 aromatic heterocycles. The number of carbonyl (C=O) groups excluding carboxylic acids is 1. The first-order chi connectivity index (χ1) is 15.7. The van der Waals surface area contributed by atoms with Crippen LogP contribution in [0.25, 0.3) is 11.3 Å². The molecule has 0 aliphatic carbocycles. The maximum absolute atomic E-state index is 14.6. The normalized spacial score (nSPS) is 17.3. The number of benzene rings is 2.